The first-order valence-electron chi connectivity index (χ1n) is 6.90. The smallest absolute Gasteiger partial charge is 0.253 e. The van der Waals surface area contributed by atoms with Crippen molar-refractivity contribution in [3.05, 3.63) is 48.3 Å². The van der Waals surface area contributed by atoms with E-state index < -0.39 is 0 Å². The van der Waals surface area contributed by atoms with Crippen molar-refractivity contribution < 1.29 is 9.59 Å². The van der Waals surface area contributed by atoms with Gasteiger partial charge in [0, 0.05) is 18.4 Å². The molecule has 108 valence electrons. The van der Waals surface area contributed by atoms with Gasteiger partial charge in [-0.1, -0.05) is 12.1 Å². The van der Waals surface area contributed by atoms with Crippen LogP contribution in [-0.4, -0.2) is 34.2 Å². The van der Waals surface area contributed by atoms with Crippen LogP contribution < -0.4 is 10.6 Å². The van der Waals surface area contributed by atoms with E-state index in [9.17, 15) is 9.59 Å². The number of rotatable bonds is 5. The van der Waals surface area contributed by atoms with Gasteiger partial charge in [0.15, 0.2) is 0 Å². The molecule has 1 aromatic heterocycles. The fourth-order valence-electron chi connectivity index (χ4n) is 2.04. The largest absolute Gasteiger partial charge is 0.352 e. The highest BCUT2D eigenvalue weighted by atomic mass is 16.2. The molecule has 1 heterocycles. The van der Waals surface area contributed by atoms with E-state index in [0.717, 1.165) is 12.8 Å². The molecule has 21 heavy (non-hydrogen) atoms. The summed E-state index contributed by atoms with van der Waals surface area (Å²) in [7, 11) is 0. The molecule has 3 rings (SSSR count). The number of hydrogen-bond acceptors (Lipinski definition) is 3. The second-order valence-corrected chi connectivity index (χ2v) is 4.99. The molecular formula is C15H16N4O2. The lowest BCUT2D eigenvalue weighted by atomic mass is 10.1. The molecule has 1 aliphatic rings. The molecule has 0 radical (unpaired) electrons. The van der Waals surface area contributed by atoms with Crippen molar-refractivity contribution in [2.75, 3.05) is 6.54 Å². The molecule has 0 bridgehead atoms. The Labute approximate surface area is 122 Å². The van der Waals surface area contributed by atoms with Gasteiger partial charge < -0.3 is 10.6 Å². The Bertz CT molecular complexity index is 647. The van der Waals surface area contributed by atoms with Gasteiger partial charge in [0.25, 0.3) is 5.91 Å². The summed E-state index contributed by atoms with van der Waals surface area (Å²) in [5.74, 6) is -0.436. The second-order valence-electron chi connectivity index (χ2n) is 4.99. The van der Waals surface area contributed by atoms with Crippen LogP contribution in [0.5, 0.6) is 0 Å². The van der Waals surface area contributed by atoms with Crippen LogP contribution in [0, 0.1) is 0 Å². The van der Waals surface area contributed by atoms with Crippen LogP contribution >= 0.6 is 0 Å². The molecule has 0 aliphatic heterocycles. The molecule has 1 saturated carbocycles. The summed E-state index contributed by atoms with van der Waals surface area (Å²) >= 11 is 0. The van der Waals surface area contributed by atoms with Gasteiger partial charge in [-0.25, -0.2) is 4.68 Å². The average molecular weight is 284 g/mol. The van der Waals surface area contributed by atoms with Gasteiger partial charge in [0.05, 0.1) is 17.8 Å². The number of para-hydroxylation sites is 1. The number of nitrogens with zero attached hydrogens (tertiary/aromatic N) is 2. The molecule has 0 atom stereocenters. The predicted octanol–water partition coefficient (Wildman–Crippen LogP) is 0.881. The summed E-state index contributed by atoms with van der Waals surface area (Å²) in [6, 6.07) is 9.24. The molecule has 2 amide bonds. The van der Waals surface area contributed by atoms with Crippen LogP contribution in [0.4, 0.5) is 0 Å². The Morgan fingerprint density at radius 1 is 1.24 bits per heavy atom. The zero-order valence-electron chi connectivity index (χ0n) is 11.5. The molecule has 6 heteroatoms. The SMILES string of the molecule is O=C(CNC(=O)c1ccccc1-n1cccn1)NC1CC1. The summed E-state index contributed by atoms with van der Waals surface area (Å²) in [6.45, 7) is -0.0111. The third-order valence-corrected chi connectivity index (χ3v) is 3.25. The van der Waals surface area contributed by atoms with E-state index in [-0.39, 0.29) is 18.4 Å². The minimum atomic E-state index is -0.285. The third kappa shape index (κ3) is 3.28. The molecular weight excluding hydrogens is 268 g/mol. The van der Waals surface area contributed by atoms with Gasteiger partial charge in [-0.15, -0.1) is 0 Å². The zero-order chi connectivity index (χ0) is 14.7. The highest BCUT2D eigenvalue weighted by Gasteiger charge is 2.23. The molecule has 1 fully saturated rings. The zero-order valence-corrected chi connectivity index (χ0v) is 11.5. The number of benzene rings is 1. The number of hydrogen-bond donors (Lipinski definition) is 2. The van der Waals surface area contributed by atoms with Crippen LogP contribution in [0.3, 0.4) is 0 Å². The number of amides is 2. The Balaban J connectivity index is 1.68. The lowest BCUT2D eigenvalue weighted by molar-refractivity contribution is -0.120. The van der Waals surface area contributed by atoms with E-state index in [1.54, 1.807) is 35.3 Å². The number of carbonyl (C=O) groups excluding carboxylic acids is 2. The fraction of sp³-hybridized carbons (Fsp3) is 0.267. The third-order valence-electron chi connectivity index (χ3n) is 3.25. The van der Waals surface area contributed by atoms with Crippen molar-refractivity contribution >= 4 is 11.8 Å². The quantitative estimate of drug-likeness (QED) is 0.856. The maximum absolute atomic E-state index is 12.2. The van der Waals surface area contributed by atoms with Crippen LogP contribution in [-0.2, 0) is 4.79 Å². The Kier molecular flexibility index (Phi) is 3.68. The van der Waals surface area contributed by atoms with Crippen LogP contribution in [0.1, 0.15) is 23.2 Å². The van der Waals surface area contributed by atoms with Gasteiger partial charge in [0.2, 0.25) is 5.91 Å². The van der Waals surface area contributed by atoms with Crippen molar-refractivity contribution in [3.8, 4) is 5.69 Å². The van der Waals surface area contributed by atoms with E-state index in [0.29, 0.717) is 17.3 Å². The second kappa shape index (κ2) is 5.78. The van der Waals surface area contributed by atoms with E-state index in [1.807, 2.05) is 12.1 Å². The van der Waals surface area contributed by atoms with Crippen molar-refractivity contribution in [2.45, 2.75) is 18.9 Å². The molecule has 0 saturated heterocycles. The summed E-state index contributed by atoms with van der Waals surface area (Å²) in [6.07, 6.45) is 5.48. The maximum atomic E-state index is 12.2. The first-order valence-corrected chi connectivity index (χ1v) is 6.90. The van der Waals surface area contributed by atoms with Crippen molar-refractivity contribution in [2.24, 2.45) is 0 Å². The highest BCUT2D eigenvalue weighted by Crippen LogP contribution is 2.18. The number of aromatic nitrogens is 2. The molecule has 1 aliphatic carbocycles. The van der Waals surface area contributed by atoms with Crippen molar-refractivity contribution in [3.63, 3.8) is 0 Å². The van der Waals surface area contributed by atoms with E-state index in [2.05, 4.69) is 15.7 Å². The number of carbonyl (C=O) groups is 2. The standard InChI is InChI=1S/C15H16N4O2/c20-14(18-11-6-7-11)10-16-15(21)12-4-1-2-5-13(12)19-9-3-8-17-19/h1-5,8-9,11H,6-7,10H2,(H,16,21)(H,18,20). The molecule has 2 N–H and O–H groups in total. The van der Waals surface area contributed by atoms with E-state index in [1.165, 1.54) is 0 Å². The first kappa shape index (κ1) is 13.4. The van der Waals surface area contributed by atoms with Gasteiger partial charge in [0.1, 0.15) is 0 Å². The minimum absolute atomic E-state index is 0.0111. The first-order chi connectivity index (χ1) is 10.2. The lowest BCUT2D eigenvalue weighted by Gasteiger charge is -2.10. The monoisotopic (exact) mass is 284 g/mol. The molecule has 0 unspecified atom stereocenters. The maximum Gasteiger partial charge on any atom is 0.253 e. The summed E-state index contributed by atoms with van der Waals surface area (Å²) in [5.41, 5.74) is 1.17. The van der Waals surface area contributed by atoms with Crippen LogP contribution in [0.2, 0.25) is 0 Å². The Hall–Kier alpha value is -2.63. The molecule has 1 aromatic carbocycles. The fourth-order valence-corrected chi connectivity index (χ4v) is 2.04. The average Bonchev–Trinajstić information content (AvgIpc) is 3.15. The van der Waals surface area contributed by atoms with Gasteiger partial charge in [-0.05, 0) is 31.0 Å². The lowest BCUT2D eigenvalue weighted by Crippen LogP contribution is -2.38. The predicted molar refractivity (Wildman–Crippen MR) is 77.1 cm³/mol. The Morgan fingerprint density at radius 2 is 2.05 bits per heavy atom. The topological polar surface area (TPSA) is 76.0 Å². The summed E-state index contributed by atoms with van der Waals surface area (Å²) in [5, 5.41) is 9.60. The van der Waals surface area contributed by atoms with Crippen LogP contribution in [0.15, 0.2) is 42.7 Å². The highest BCUT2D eigenvalue weighted by molar-refractivity contribution is 5.99. The van der Waals surface area contributed by atoms with Crippen molar-refractivity contribution in [1.29, 1.82) is 0 Å². The van der Waals surface area contributed by atoms with Gasteiger partial charge in [-0.2, -0.15) is 5.10 Å². The molecule has 6 nitrogen and oxygen atoms in total. The van der Waals surface area contributed by atoms with E-state index in [4.69, 9.17) is 0 Å². The molecule has 0 spiro atoms. The molecule has 2 aromatic rings. The van der Waals surface area contributed by atoms with Gasteiger partial charge in [-0.3, -0.25) is 9.59 Å². The van der Waals surface area contributed by atoms with E-state index >= 15 is 0 Å². The van der Waals surface area contributed by atoms with Gasteiger partial charge >= 0.3 is 0 Å². The van der Waals surface area contributed by atoms with Crippen molar-refractivity contribution in [1.82, 2.24) is 20.4 Å². The summed E-state index contributed by atoms with van der Waals surface area (Å²) in [4.78, 5) is 23.8. The van der Waals surface area contributed by atoms with Crippen LogP contribution in [0.25, 0.3) is 5.69 Å². The normalized spacial score (nSPS) is 13.7. The number of nitrogens with one attached hydrogen (secondary N) is 2. The summed E-state index contributed by atoms with van der Waals surface area (Å²) < 4.78 is 1.62. The minimum Gasteiger partial charge on any atom is -0.352 e. The Morgan fingerprint density at radius 3 is 2.76 bits per heavy atom.